The van der Waals surface area contributed by atoms with Crippen LogP contribution in [0.1, 0.15) is 11.9 Å². The first-order valence-electron chi connectivity index (χ1n) is 5.62. The molecule has 2 aromatic heterocycles. The summed E-state index contributed by atoms with van der Waals surface area (Å²) < 4.78 is 6.71. The van der Waals surface area contributed by atoms with Crippen molar-refractivity contribution in [2.24, 2.45) is 0 Å². The third kappa shape index (κ3) is 1.97. The summed E-state index contributed by atoms with van der Waals surface area (Å²) in [4.78, 5) is 0. The van der Waals surface area contributed by atoms with Crippen LogP contribution < -0.4 is 0 Å². The lowest BCUT2D eigenvalue weighted by molar-refractivity contribution is -0.0258. The summed E-state index contributed by atoms with van der Waals surface area (Å²) in [6.45, 7) is -0.403. The van der Waals surface area contributed by atoms with E-state index in [1.165, 1.54) is 4.52 Å². The zero-order valence-electron chi connectivity index (χ0n) is 9.59. The van der Waals surface area contributed by atoms with Crippen molar-refractivity contribution in [1.82, 2.24) is 19.8 Å². The molecule has 0 radical (unpaired) electrons. The molecule has 102 valence electrons. The molecular weight excluding hydrogens is 276 g/mol. The minimum Gasteiger partial charge on any atom is -0.394 e. The fraction of sp³-hybridized carbons (Fsp3) is 0.500. The van der Waals surface area contributed by atoms with Crippen molar-refractivity contribution in [3.63, 3.8) is 0 Å². The fourth-order valence-corrected chi connectivity index (χ4v) is 2.21. The molecule has 9 heteroatoms. The van der Waals surface area contributed by atoms with Gasteiger partial charge in [-0.1, -0.05) is 11.6 Å². The number of hydrogen-bond acceptors (Lipinski definition) is 7. The summed E-state index contributed by atoms with van der Waals surface area (Å²) in [6.07, 6.45) is -4.20. The summed E-state index contributed by atoms with van der Waals surface area (Å²) >= 11 is 5.80. The second kappa shape index (κ2) is 4.66. The van der Waals surface area contributed by atoms with E-state index in [0.29, 0.717) is 5.65 Å². The Morgan fingerprint density at radius 1 is 1.26 bits per heavy atom. The predicted octanol–water partition coefficient (Wildman–Crippen LogP) is -1.07. The smallest absolute Gasteiger partial charge is 0.186 e. The third-order valence-corrected chi connectivity index (χ3v) is 3.25. The lowest BCUT2D eigenvalue weighted by atomic mass is 10.1. The van der Waals surface area contributed by atoms with Crippen molar-refractivity contribution >= 4 is 17.2 Å². The van der Waals surface area contributed by atoms with E-state index >= 15 is 0 Å². The molecule has 1 aliphatic heterocycles. The highest BCUT2D eigenvalue weighted by atomic mass is 35.5. The Balaban J connectivity index is 2.03. The van der Waals surface area contributed by atoms with Crippen LogP contribution in [-0.2, 0) is 4.74 Å². The molecule has 0 unspecified atom stereocenters. The van der Waals surface area contributed by atoms with Gasteiger partial charge in [0.05, 0.1) is 6.61 Å². The first-order valence-corrected chi connectivity index (χ1v) is 6.00. The van der Waals surface area contributed by atoms with Gasteiger partial charge in [0.15, 0.2) is 11.5 Å². The monoisotopic (exact) mass is 286 g/mol. The summed E-state index contributed by atoms with van der Waals surface area (Å²) in [6, 6.07) is 3.18. The number of aliphatic hydroxyl groups excluding tert-OH is 3. The largest absolute Gasteiger partial charge is 0.394 e. The molecule has 1 aliphatic rings. The van der Waals surface area contributed by atoms with E-state index in [1.54, 1.807) is 12.1 Å². The number of aliphatic hydroxyl groups is 3. The van der Waals surface area contributed by atoms with Crippen LogP contribution in [0.5, 0.6) is 0 Å². The number of aromatic nitrogens is 4. The average Bonchev–Trinajstić information content (AvgIpc) is 2.92. The molecule has 1 saturated heterocycles. The van der Waals surface area contributed by atoms with E-state index < -0.39 is 31.0 Å². The lowest BCUT2D eigenvalue weighted by Gasteiger charge is -2.12. The van der Waals surface area contributed by atoms with E-state index in [0.717, 1.165) is 0 Å². The molecule has 1 fully saturated rings. The zero-order chi connectivity index (χ0) is 13.6. The van der Waals surface area contributed by atoms with Gasteiger partial charge in [-0.3, -0.25) is 0 Å². The highest BCUT2D eigenvalue weighted by molar-refractivity contribution is 6.29. The second-order valence-corrected chi connectivity index (χ2v) is 4.63. The molecule has 0 aromatic carbocycles. The summed E-state index contributed by atoms with van der Waals surface area (Å²) in [5, 5.41) is 40.7. The van der Waals surface area contributed by atoms with Gasteiger partial charge in [0.1, 0.15) is 29.6 Å². The van der Waals surface area contributed by atoms with Crippen molar-refractivity contribution in [3.05, 3.63) is 23.1 Å². The molecule has 3 heterocycles. The van der Waals surface area contributed by atoms with Crippen LogP contribution in [-0.4, -0.2) is 60.0 Å². The molecule has 19 heavy (non-hydrogen) atoms. The van der Waals surface area contributed by atoms with Gasteiger partial charge in [0.25, 0.3) is 0 Å². The van der Waals surface area contributed by atoms with Crippen LogP contribution in [0.3, 0.4) is 0 Å². The number of ether oxygens (including phenoxy) is 1. The van der Waals surface area contributed by atoms with Gasteiger partial charge in [-0.15, -0.1) is 10.2 Å². The predicted molar refractivity (Wildman–Crippen MR) is 62.5 cm³/mol. The van der Waals surface area contributed by atoms with Crippen molar-refractivity contribution in [3.8, 4) is 0 Å². The Labute approximate surface area is 112 Å². The van der Waals surface area contributed by atoms with Crippen LogP contribution in [0.2, 0.25) is 5.15 Å². The van der Waals surface area contributed by atoms with Crippen molar-refractivity contribution in [1.29, 1.82) is 0 Å². The Bertz CT molecular complexity index is 606. The summed E-state index contributed by atoms with van der Waals surface area (Å²) in [5.74, 6) is 0.222. The van der Waals surface area contributed by atoms with Crippen LogP contribution in [0, 0.1) is 0 Å². The van der Waals surface area contributed by atoms with E-state index in [2.05, 4.69) is 15.3 Å². The normalized spacial score (nSPS) is 31.2. The van der Waals surface area contributed by atoms with Crippen molar-refractivity contribution in [2.45, 2.75) is 24.4 Å². The summed E-state index contributed by atoms with van der Waals surface area (Å²) in [5.41, 5.74) is 0.442. The molecule has 2 aromatic rings. The quantitative estimate of drug-likeness (QED) is 0.644. The van der Waals surface area contributed by atoms with Crippen molar-refractivity contribution < 1.29 is 20.1 Å². The Hall–Kier alpha value is -1.32. The molecular formula is C10H11ClN4O4. The fourth-order valence-electron chi connectivity index (χ4n) is 2.07. The van der Waals surface area contributed by atoms with Crippen LogP contribution in [0.15, 0.2) is 12.1 Å². The highest BCUT2D eigenvalue weighted by Gasteiger charge is 2.45. The lowest BCUT2D eigenvalue weighted by Crippen LogP contribution is -2.32. The molecule has 0 amide bonds. The SMILES string of the molecule is OC[C@H]1O[C@@H](c2nnc3ccc(Cl)nn23)[C@@H](O)[C@@H]1O. The van der Waals surface area contributed by atoms with Gasteiger partial charge in [-0.05, 0) is 12.1 Å². The van der Waals surface area contributed by atoms with Crippen LogP contribution in [0.25, 0.3) is 5.65 Å². The summed E-state index contributed by atoms with van der Waals surface area (Å²) in [7, 11) is 0. The van der Waals surface area contributed by atoms with E-state index in [9.17, 15) is 10.2 Å². The minimum absolute atomic E-state index is 0.222. The molecule has 3 N–H and O–H groups in total. The van der Waals surface area contributed by atoms with Gasteiger partial charge < -0.3 is 20.1 Å². The second-order valence-electron chi connectivity index (χ2n) is 4.24. The molecule has 0 aliphatic carbocycles. The molecule has 4 atom stereocenters. The van der Waals surface area contributed by atoms with E-state index in [1.807, 2.05) is 0 Å². The number of halogens is 1. The van der Waals surface area contributed by atoms with Gasteiger partial charge in [0, 0.05) is 0 Å². The third-order valence-electron chi connectivity index (χ3n) is 3.05. The Morgan fingerprint density at radius 3 is 2.74 bits per heavy atom. The standard InChI is InChI=1S/C10H11ClN4O4/c11-5-1-2-6-12-13-10(15(6)14-5)9-8(18)7(17)4(3-16)19-9/h1-2,4,7-9,16-18H,3H2/t4-,7-,8+,9-/m1/s1. The number of hydrogen-bond donors (Lipinski definition) is 3. The topological polar surface area (TPSA) is 113 Å². The highest BCUT2D eigenvalue weighted by Crippen LogP contribution is 2.32. The van der Waals surface area contributed by atoms with E-state index in [4.69, 9.17) is 21.4 Å². The van der Waals surface area contributed by atoms with Crippen molar-refractivity contribution in [2.75, 3.05) is 6.61 Å². The van der Waals surface area contributed by atoms with Crippen LogP contribution in [0.4, 0.5) is 0 Å². The average molecular weight is 287 g/mol. The molecule has 0 saturated carbocycles. The first-order chi connectivity index (χ1) is 9.11. The van der Waals surface area contributed by atoms with Gasteiger partial charge in [-0.25, -0.2) is 0 Å². The maximum atomic E-state index is 9.93. The molecule has 0 spiro atoms. The van der Waals surface area contributed by atoms with Gasteiger partial charge in [0.2, 0.25) is 0 Å². The number of rotatable bonds is 2. The zero-order valence-corrected chi connectivity index (χ0v) is 10.3. The molecule has 3 rings (SSSR count). The number of nitrogens with zero attached hydrogens (tertiary/aromatic N) is 4. The number of fused-ring (bicyclic) bond motifs is 1. The Morgan fingerprint density at radius 2 is 2.05 bits per heavy atom. The van der Waals surface area contributed by atoms with Gasteiger partial charge >= 0.3 is 0 Å². The van der Waals surface area contributed by atoms with Crippen LogP contribution >= 0.6 is 11.6 Å². The van der Waals surface area contributed by atoms with E-state index in [-0.39, 0.29) is 11.0 Å². The molecule has 0 bridgehead atoms. The maximum absolute atomic E-state index is 9.93. The maximum Gasteiger partial charge on any atom is 0.186 e. The molecule has 8 nitrogen and oxygen atoms in total. The minimum atomic E-state index is -1.22. The van der Waals surface area contributed by atoms with Gasteiger partial charge in [-0.2, -0.15) is 9.61 Å². The first kappa shape index (κ1) is 12.7. The Kier molecular flexibility index (Phi) is 3.11.